The Morgan fingerprint density at radius 2 is 1.74 bits per heavy atom. The highest BCUT2D eigenvalue weighted by Gasteiger charge is 2.13. The number of hydrogen-bond acceptors (Lipinski definition) is 2. The number of nitrogens with zero attached hydrogens (tertiary/aromatic N) is 1. The average Bonchev–Trinajstić information content (AvgIpc) is 2.34. The van der Waals surface area contributed by atoms with Crippen LogP contribution in [0.15, 0.2) is 12.2 Å². The molecule has 0 rings (SSSR count). The van der Waals surface area contributed by atoms with Gasteiger partial charge in [-0.05, 0) is 37.7 Å². The van der Waals surface area contributed by atoms with Crippen molar-refractivity contribution >= 4 is 11.7 Å². The average molecular weight is 267 g/mol. The van der Waals surface area contributed by atoms with Crippen LogP contribution in [0.25, 0.3) is 0 Å². The molecule has 3 heteroatoms. The molecule has 0 aromatic rings. The van der Waals surface area contributed by atoms with Crippen molar-refractivity contribution in [1.82, 2.24) is 4.90 Å². The molecule has 0 aliphatic carbocycles. The van der Waals surface area contributed by atoms with Gasteiger partial charge in [0.15, 0.2) is 5.78 Å². The molecule has 0 aliphatic heterocycles. The molecule has 0 spiro atoms. The van der Waals surface area contributed by atoms with Gasteiger partial charge in [-0.1, -0.05) is 27.4 Å². The fourth-order valence-electron chi connectivity index (χ4n) is 1.96. The lowest BCUT2D eigenvalue weighted by Crippen LogP contribution is -2.31. The Kier molecular flexibility index (Phi) is 8.37. The summed E-state index contributed by atoms with van der Waals surface area (Å²) in [6, 6.07) is 0. The Bertz CT molecular complexity index is 321. The smallest absolute Gasteiger partial charge is 0.224 e. The molecule has 1 unspecified atom stereocenters. The normalized spacial score (nSPS) is 12.3. The van der Waals surface area contributed by atoms with E-state index < -0.39 is 0 Å². The Hall–Kier alpha value is -1.12. The molecule has 3 nitrogen and oxygen atoms in total. The highest BCUT2D eigenvalue weighted by atomic mass is 16.2. The van der Waals surface area contributed by atoms with Crippen molar-refractivity contribution in [2.24, 2.45) is 11.8 Å². The molecule has 0 radical (unpaired) electrons. The molecule has 110 valence electrons. The Morgan fingerprint density at radius 3 is 2.21 bits per heavy atom. The van der Waals surface area contributed by atoms with Crippen LogP contribution in [0.4, 0.5) is 0 Å². The van der Waals surface area contributed by atoms with Crippen molar-refractivity contribution in [1.29, 1.82) is 0 Å². The summed E-state index contributed by atoms with van der Waals surface area (Å²) in [5, 5.41) is 0. The van der Waals surface area contributed by atoms with Gasteiger partial charge in [0.1, 0.15) is 0 Å². The monoisotopic (exact) mass is 267 g/mol. The van der Waals surface area contributed by atoms with E-state index in [-0.39, 0.29) is 17.6 Å². The minimum atomic E-state index is 0.0654. The van der Waals surface area contributed by atoms with Crippen LogP contribution in [0.1, 0.15) is 53.4 Å². The van der Waals surface area contributed by atoms with Gasteiger partial charge in [0.2, 0.25) is 5.91 Å². The first kappa shape index (κ1) is 17.9. The van der Waals surface area contributed by atoms with Crippen LogP contribution in [0.3, 0.4) is 0 Å². The number of hydrogen-bond donors (Lipinski definition) is 0. The second kappa shape index (κ2) is 8.89. The van der Waals surface area contributed by atoms with Crippen LogP contribution < -0.4 is 0 Å². The lowest BCUT2D eigenvalue weighted by Gasteiger charge is -2.20. The minimum absolute atomic E-state index is 0.0654. The molecule has 0 bridgehead atoms. The summed E-state index contributed by atoms with van der Waals surface area (Å²) >= 11 is 0. The molecule has 0 N–H and O–H groups in total. The second-order valence-corrected chi connectivity index (χ2v) is 5.90. The van der Waals surface area contributed by atoms with Crippen LogP contribution in [-0.4, -0.2) is 30.2 Å². The van der Waals surface area contributed by atoms with Crippen LogP contribution in [-0.2, 0) is 9.59 Å². The van der Waals surface area contributed by atoms with Crippen LogP contribution in [0, 0.1) is 11.8 Å². The third kappa shape index (κ3) is 7.81. The van der Waals surface area contributed by atoms with E-state index in [1.54, 1.807) is 11.8 Å². The number of carbonyl (C=O) groups is 2. The van der Waals surface area contributed by atoms with E-state index in [0.29, 0.717) is 17.9 Å². The van der Waals surface area contributed by atoms with Crippen LogP contribution in [0.5, 0.6) is 0 Å². The Balaban J connectivity index is 3.80. The second-order valence-electron chi connectivity index (χ2n) is 5.90. The molecule has 0 fully saturated rings. The fraction of sp³-hybridized carbons (Fsp3) is 0.750. The summed E-state index contributed by atoms with van der Waals surface area (Å²) in [6.07, 6.45) is 3.56. The zero-order chi connectivity index (χ0) is 15.0. The summed E-state index contributed by atoms with van der Waals surface area (Å²) in [5.41, 5.74) is 0.648. The molecular weight excluding hydrogens is 238 g/mol. The lowest BCUT2D eigenvalue weighted by atomic mass is 9.97. The SMILES string of the molecule is C=C(C)C(=O)CCC(C)CCCN(C)C(=O)C(C)C. The van der Waals surface area contributed by atoms with Gasteiger partial charge in [0, 0.05) is 25.9 Å². The van der Waals surface area contributed by atoms with Crippen molar-refractivity contribution in [2.75, 3.05) is 13.6 Å². The fourth-order valence-corrected chi connectivity index (χ4v) is 1.96. The van der Waals surface area contributed by atoms with Gasteiger partial charge in [-0.2, -0.15) is 0 Å². The van der Waals surface area contributed by atoms with Gasteiger partial charge < -0.3 is 4.90 Å². The summed E-state index contributed by atoms with van der Waals surface area (Å²) in [7, 11) is 1.86. The summed E-state index contributed by atoms with van der Waals surface area (Å²) in [6.45, 7) is 12.2. The zero-order valence-electron chi connectivity index (χ0n) is 13.2. The first-order chi connectivity index (χ1) is 8.75. The van der Waals surface area contributed by atoms with Gasteiger partial charge in [0.25, 0.3) is 0 Å². The van der Waals surface area contributed by atoms with Gasteiger partial charge in [-0.3, -0.25) is 9.59 Å². The third-order valence-electron chi connectivity index (χ3n) is 3.40. The van der Waals surface area contributed by atoms with Gasteiger partial charge in [-0.25, -0.2) is 0 Å². The molecule has 0 heterocycles. The molecule has 0 aliphatic rings. The predicted molar refractivity (Wildman–Crippen MR) is 79.9 cm³/mol. The molecular formula is C16H29NO2. The molecule has 0 saturated heterocycles. The van der Waals surface area contributed by atoms with Gasteiger partial charge in [0.05, 0.1) is 0 Å². The largest absolute Gasteiger partial charge is 0.346 e. The maximum Gasteiger partial charge on any atom is 0.224 e. The molecule has 0 saturated carbocycles. The van der Waals surface area contributed by atoms with E-state index in [9.17, 15) is 9.59 Å². The van der Waals surface area contributed by atoms with Crippen LogP contribution >= 0.6 is 0 Å². The minimum Gasteiger partial charge on any atom is -0.346 e. The lowest BCUT2D eigenvalue weighted by molar-refractivity contribution is -0.133. The number of rotatable bonds is 9. The van der Waals surface area contributed by atoms with E-state index in [2.05, 4.69) is 13.5 Å². The van der Waals surface area contributed by atoms with Crippen molar-refractivity contribution < 1.29 is 9.59 Å². The number of amides is 1. The Morgan fingerprint density at radius 1 is 1.16 bits per heavy atom. The van der Waals surface area contributed by atoms with Gasteiger partial charge in [-0.15, -0.1) is 0 Å². The highest BCUT2D eigenvalue weighted by molar-refractivity contribution is 5.94. The molecule has 1 amide bonds. The zero-order valence-corrected chi connectivity index (χ0v) is 13.2. The maximum atomic E-state index is 11.7. The van der Waals surface area contributed by atoms with Gasteiger partial charge >= 0.3 is 0 Å². The van der Waals surface area contributed by atoms with E-state index in [4.69, 9.17) is 0 Å². The number of carbonyl (C=O) groups excluding carboxylic acids is 2. The Labute approximate surface area is 118 Å². The summed E-state index contributed by atoms with van der Waals surface area (Å²) in [5.74, 6) is 0.950. The maximum absolute atomic E-state index is 11.7. The van der Waals surface area contributed by atoms with E-state index in [0.717, 1.165) is 25.8 Å². The number of ketones is 1. The first-order valence-corrected chi connectivity index (χ1v) is 7.19. The van der Waals surface area contributed by atoms with E-state index >= 15 is 0 Å². The molecule has 0 aromatic heterocycles. The predicted octanol–water partition coefficient (Wildman–Crippen LogP) is 3.44. The third-order valence-corrected chi connectivity index (χ3v) is 3.40. The van der Waals surface area contributed by atoms with Crippen molar-refractivity contribution in [2.45, 2.75) is 53.4 Å². The number of Topliss-reactive ketones (excluding diaryl/α,β-unsaturated/α-hetero) is 1. The first-order valence-electron chi connectivity index (χ1n) is 7.19. The molecule has 19 heavy (non-hydrogen) atoms. The van der Waals surface area contributed by atoms with E-state index in [1.165, 1.54) is 0 Å². The topological polar surface area (TPSA) is 37.4 Å². The van der Waals surface area contributed by atoms with Crippen molar-refractivity contribution in [3.63, 3.8) is 0 Å². The molecule has 0 aromatic carbocycles. The van der Waals surface area contributed by atoms with Crippen molar-refractivity contribution in [3.05, 3.63) is 12.2 Å². The van der Waals surface area contributed by atoms with E-state index in [1.807, 2.05) is 20.9 Å². The quantitative estimate of drug-likeness (QED) is 0.600. The number of allylic oxidation sites excluding steroid dienone is 1. The standard InChI is InChI=1S/C16H29NO2/c1-12(2)15(18)10-9-14(5)8-7-11-17(6)16(19)13(3)4/h13-14H,1,7-11H2,2-6H3. The van der Waals surface area contributed by atoms with Crippen LogP contribution in [0.2, 0.25) is 0 Å². The summed E-state index contributed by atoms with van der Waals surface area (Å²) in [4.78, 5) is 24.9. The summed E-state index contributed by atoms with van der Waals surface area (Å²) < 4.78 is 0. The van der Waals surface area contributed by atoms with Crippen molar-refractivity contribution in [3.8, 4) is 0 Å². The molecule has 1 atom stereocenters. The highest BCUT2D eigenvalue weighted by Crippen LogP contribution is 2.15.